The highest BCUT2D eigenvalue weighted by atomic mass is 127. The van der Waals surface area contributed by atoms with Gasteiger partial charge in [0.1, 0.15) is 0 Å². The monoisotopic (exact) mass is 428 g/mol. The quantitative estimate of drug-likeness (QED) is 0.446. The van der Waals surface area contributed by atoms with Gasteiger partial charge in [0.15, 0.2) is 5.96 Å². The van der Waals surface area contributed by atoms with Gasteiger partial charge in [-0.15, -0.1) is 24.0 Å². The minimum atomic E-state index is 0. The van der Waals surface area contributed by atoms with E-state index < -0.39 is 0 Å². The van der Waals surface area contributed by atoms with E-state index in [1.54, 1.807) is 0 Å². The van der Waals surface area contributed by atoms with Gasteiger partial charge in [0.05, 0.1) is 18.4 Å². The summed E-state index contributed by atoms with van der Waals surface area (Å²) in [5, 5.41) is 3.13. The lowest BCUT2D eigenvalue weighted by molar-refractivity contribution is 0.801. The number of halogens is 1. The number of rotatable bonds is 4. The molecule has 0 saturated carbocycles. The third kappa shape index (κ3) is 5.12. The van der Waals surface area contributed by atoms with Crippen LogP contribution in [0.5, 0.6) is 0 Å². The summed E-state index contributed by atoms with van der Waals surface area (Å²) in [6, 6.07) is 6.21. The van der Waals surface area contributed by atoms with Crippen molar-refractivity contribution in [2.24, 2.45) is 17.8 Å². The van der Waals surface area contributed by atoms with Gasteiger partial charge in [0.2, 0.25) is 5.95 Å². The number of hydrogen-bond acceptors (Lipinski definition) is 3. The maximum Gasteiger partial charge on any atom is 0.204 e. The molecule has 0 bridgehead atoms. The van der Waals surface area contributed by atoms with E-state index >= 15 is 0 Å². The number of imidazole rings is 1. The fraction of sp³-hybridized carbons (Fsp3) is 0.375. The van der Waals surface area contributed by atoms with Crippen LogP contribution in [0.4, 0.5) is 11.6 Å². The topological polar surface area (TPSA) is 71.5 Å². The molecule has 0 aliphatic rings. The number of hydrogen-bond donors (Lipinski definition) is 2. The minimum absolute atomic E-state index is 0. The Morgan fingerprint density at radius 1 is 1.26 bits per heavy atom. The number of aryl methyl sites for hydroxylation is 2. The highest BCUT2D eigenvalue weighted by Crippen LogP contribution is 2.14. The molecular formula is C16H25IN6. The molecule has 0 radical (unpaired) electrons. The van der Waals surface area contributed by atoms with Crippen molar-refractivity contribution in [1.82, 2.24) is 9.55 Å². The zero-order valence-corrected chi connectivity index (χ0v) is 16.6. The normalized spacial score (nSPS) is 11.1. The average Bonchev–Trinajstić information content (AvgIpc) is 2.76. The number of aromatic nitrogens is 2. The Bertz CT molecular complexity index is 670. The fourth-order valence-electron chi connectivity index (χ4n) is 2.40. The first-order valence-corrected chi connectivity index (χ1v) is 7.20. The second kappa shape index (κ2) is 8.19. The van der Waals surface area contributed by atoms with Crippen LogP contribution in [0.2, 0.25) is 0 Å². The van der Waals surface area contributed by atoms with Gasteiger partial charge in [-0.3, -0.25) is 0 Å². The van der Waals surface area contributed by atoms with E-state index in [1.807, 2.05) is 48.9 Å². The Balaban J connectivity index is 0.00000264. The molecule has 6 nitrogen and oxygen atoms in total. The molecular weight excluding hydrogens is 403 g/mol. The Morgan fingerprint density at radius 3 is 2.39 bits per heavy atom. The lowest BCUT2D eigenvalue weighted by Gasteiger charge is -2.12. The SMILES string of the molecule is Cc1cc(C)cc(NC(N)=NCc2cnc(N(C)C)n2C)c1.I. The van der Waals surface area contributed by atoms with Crippen molar-refractivity contribution in [3.8, 4) is 0 Å². The number of nitrogens with one attached hydrogen (secondary N) is 1. The Hall–Kier alpha value is -1.77. The Labute approximate surface area is 154 Å². The maximum absolute atomic E-state index is 5.97. The Morgan fingerprint density at radius 2 is 1.87 bits per heavy atom. The molecule has 2 aromatic rings. The predicted molar refractivity (Wildman–Crippen MR) is 108 cm³/mol. The standard InChI is InChI=1S/C16H24N6.HI/c1-11-6-12(2)8-13(7-11)20-15(17)18-9-14-10-19-16(21(3)4)22(14)5;/h6-8,10H,9H2,1-5H3,(H3,17,18,20);1H. The van der Waals surface area contributed by atoms with E-state index in [0.717, 1.165) is 17.3 Å². The summed E-state index contributed by atoms with van der Waals surface area (Å²) in [7, 11) is 5.90. The summed E-state index contributed by atoms with van der Waals surface area (Å²) in [4.78, 5) is 10.7. The van der Waals surface area contributed by atoms with Gasteiger partial charge in [0, 0.05) is 26.8 Å². The van der Waals surface area contributed by atoms with Crippen LogP contribution in [-0.4, -0.2) is 29.6 Å². The van der Waals surface area contributed by atoms with Crippen molar-refractivity contribution in [2.75, 3.05) is 24.3 Å². The zero-order chi connectivity index (χ0) is 16.3. The van der Waals surface area contributed by atoms with Crippen molar-refractivity contribution in [3.05, 3.63) is 41.2 Å². The molecule has 0 aliphatic heterocycles. The van der Waals surface area contributed by atoms with Crippen molar-refractivity contribution >= 4 is 41.6 Å². The molecule has 0 spiro atoms. The second-order valence-corrected chi connectivity index (χ2v) is 5.71. The number of benzene rings is 1. The van der Waals surface area contributed by atoms with Gasteiger partial charge in [-0.2, -0.15) is 0 Å². The molecule has 0 unspecified atom stereocenters. The van der Waals surface area contributed by atoms with Crippen LogP contribution in [0.25, 0.3) is 0 Å². The fourth-order valence-corrected chi connectivity index (χ4v) is 2.40. The lowest BCUT2D eigenvalue weighted by Crippen LogP contribution is -2.23. The lowest BCUT2D eigenvalue weighted by atomic mass is 10.1. The van der Waals surface area contributed by atoms with Crippen LogP contribution in [-0.2, 0) is 13.6 Å². The number of anilines is 2. The van der Waals surface area contributed by atoms with Gasteiger partial charge in [0.25, 0.3) is 0 Å². The number of aliphatic imine (C=N–C) groups is 1. The van der Waals surface area contributed by atoms with Crippen molar-refractivity contribution < 1.29 is 0 Å². The molecule has 0 saturated heterocycles. The van der Waals surface area contributed by atoms with E-state index in [0.29, 0.717) is 12.5 Å². The van der Waals surface area contributed by atoms with E-state index in [-0.39, 0.29) is 24.0 Å². The van der Waals surface area contributed by atoms with Gasteiger partial charge in [-0.1, -0.05) is 6.07 Å². The Kier molecular flexibility index (Phi) is 6.86. The molecule has 3 N–H and O–H groups in total. The van der Waals surface area contributed by atoms with Gasteiger partial charge in [-0.05, 0) is 37.1 Å². The number of nitrogens with two attached hydrogens (primary N) is 1. The highest BCUT2D eigenvalue weighted by molar-refractivity contribution is 14.0. The van der Waals surface area contributed by atoms with E-state index in [9.17, 15) is 0 Å². The van der Waals surface area contributed by atoms with Crippen LogP contribution in [0.3, 0.4) is 0 Å². The molecule has 1 heterocycles. The molecule has 0 fully saturated rings. The largest absolute Gasteiger partial charge is 0.370 e. The maximum atomic E-state index is 5.97. The summed E-state index contributed by atoms with van der Waals surface area (Å²) < 4.78 is 2.01. The van der Waals surface area contributed by atoms with Crippen molar-refractivity contribution in [2.45, 2.75) is 20.4 Å². The van der Waals surface area contributed by atoms with Gasteiger partial charge < -0.3 is 20.5 Å². The molecule has 0 atom stereocenters. The van der Waals surface area contributed by atoms with Crippen molar-refractivity contribution in [3.63, 3.8) is 0 Å². The third-order valence-electron chi connectivity index (χ3n) is 3.37. The molecule has 7 heteroatoms. The molecule has 1 aromatic carbocycles. The summed E-state index contributed by atoms with van der Waals surface area (Å²) in [6.07, 6.45) is 1.82. The van der Waals surface area contributed by atoms with Crippen LogP contribution in [0.1, 0.15) is 16.8 Å². The zero-order valence-electron chi connectivity index (χ0n) is 14.3. The van der Waals surface area contributed by atoms with Gasteiger partial charge >= 0.3 is 0 Å². The van der Waals surface area contributed by atoms with Crippen LogP contribution in [0.15, 0.2) is 29.4 Å². The molecule has 1 aromatic heterocycles. The first-order valence-electron chi connectivity index (χ1n) is 7.20. The third-order valence-corrected chi connectivity index (χ3v) is 3.37. The second-order valence-electron chi connectivity index (χ2n) is 5.71. The molecule has 0 amide bonds. The first kappa shape index (κ1) is 19.3. The minimum Gasteiger partial charge on any atom is -0.370 e. The summed E-state index contributed by atoms with van der Waals surface area (Å²) in [6.45, 7) is 4.61. The van der Waals surface area contributed by atoms with Crippen LogP contribution >= 0.6 is 24.0 Å². The smallest absolute Gasteiger partial charge is 0.204 e. The molecule has 126 valence electrons. The van der Waals surface area contributed by atoms with Crippen molar-refractivity contribution in [1.29, 1.82) is 0 Å². The van der Waals surface area contributed by atoms with E-state index in [1.165, 1.54) is 11.1 Å². The van der Waals surface area contributed by atoms with Crippen LogP contribution in [0, 0.1) is 13.8 Å². The molecule has 2 rings (SSSR count). The number of guanidine groups is 1. The number of nitrogens with zero attached hydrogens (tertiary/aromatic N) is 4. The predicted octanol–water partition coefficient (Wildman–Crippen LogP) is 2.65. The first-order chi connectivity index (χ1) is 10.4. The van der Waals surface area contributed by atoms with Gasteiger partial charge in [-0.25, -0.2) is 9.98 Å². The highest BCUT2D eigenvalue weighted by Gasteiger charge is 2.07. The molecule has 0 aliphatic carbocycles. The van der Waals surface area contributed by atoms with E-state index in [4.69, 9.17) is 5.73 Å². The summed E-state index contributed by atoms with van der Waals surface area (Å²) in [5.41, 5.74) is 10.3. The summed E-state index contributed by atoms with van der Waals surface area (Å²) in [5.74, 6) is 1.30. The van der Waals surface area contributed by atoms with Crippen LogP contribution < -0.4 is 16.0 Å². The average molecular weight is 428 g/mol. The summed E-state index contributed by atoms with van der Waals surface area (Å²) >= 11 is 0. The van der Waals surface area contributed by atoms with E-state index in [2.05, 4.69) is 35.2 Å². The molecule has 23 heavy (non-hydrogen) atoms.